The monoisotopic (exact) mass is 512 g/mol. The topological polar surface area (TPSA) is 93.7 Å². The predicted octanol–water partition coefficient (Wildman–Crippen LogP) is 3.88. The van der Waals surface area contributed by atoms with E-state index in [1.54, 1.807) is 0 Å². The van der Waals surface area contributed by atoms with Crippen LogP contribution in [0.1, 0.15) is 24.0 Å². The minimum absolute atomic E-state index is 0.0249. The lowest BCUT2D eigenvalue weighted by Crippen LogP contribution is -2.58. The Kier molecular flexibility index (Phi) is 6.92. The van der Waals surface area contributed by atoms with E-state index in [2.05, 4.69) is 44.5 Å². The highest BCUT2D eigenvalue weighted by molar-refractivity contribution is 7.90. The first-order valence-electron chi connectivity index (χ1n) is 11.9. The van der Waals surface area contributed by atoms with E-state index in [4.69, 9.17) is 9.47 Å². The van der Waals surface area contributed by atoms with Crippen LogP contribution in [-0.4, -0.2) is 60.9 Å². The molecule has 2 aromatic carbocycles. The van der Waals surface area contributed by atoms with Crippen molar-refractivity contribution >= 4 is 21.3 Å². The van der Waals surface area contributed by atoms with Gasteiger partial charge < -0.3 is 14.8 Å². The molecule has 0 amide bonds. The highest BCUT2D eigenvalue weighted by Crippen LogP contribution is 2.33. The number of nitrogens with zero attached hydrogens (tertiary/aromatic N) is 3. The molecule has 0 radical (unpaired) electrons. The number of piperidine rings is 1. The Morgan fingerprint density at radius 3 is 2.50 bits per heavy atom. The van der Waals surface area contributed by atoms with Crippen LogP contribution in [-0.2, 0) is 21.1 Å². The number of hydrogen-bond acceptors (Lipinski definition) is 8. The molecule has 0 spiro atoms. The Hall–Kier alpha value is -3.08. The maximum absolute atomic E-state index is 14.6. The number of benzene rings is 2. The summed E-state index contributed by atoms with van der Waals surface area (Å²) in [6.45, 7) is 4.04. The molecule has 2 bridgehead atoms. The first-order chi connectivity index (χ1) is 17.3. The van der Waals surface area contributed by atoms with Crippen LogP contribution < -0.4 is 10.1 Å². The third kappa shape index (κ3) is 5.35. The molecule has 3 aromatic rings. The summed E-state index contributed by atoms with van der Waals surface area (Å²) in [4.78, 5) is 11.0. The molecule has 2 unspecified atom stereocenters. The average molecular weight is 513 g/mol. The van der Waals surface area contributed by atoms with Gasteiger partial charge in [-0.3, -0.25) is 4.90 Å². The number of morpholine rings is 1. The molecular weight excluding hydrogens is 483 g/mol. The van der Waals surface area contributed by atoms with Gasteiger partial charge in [-0.2, -0.15) is 0 Å². The van der Waals surface area contributed by atoms with E-state index in [9.17, 15) is 12.8 Å². The summed E-state index contributed by atoms with van der Waals surface area (Å²) in [5.41, 5.74) is 2.06. The van der Waals surface area contributed by atoms with E-state index in [0.717, 1.165) is 31.7 Å². The molecular formula is C26H29FN4O4S. The van der Waals surface area contributed by atoms with Gasteiger partial charge in [0.1, 0.15) is 24.1 Å². The van der Waals surface area contributed by atoms with Gasteiger partial charge in [-0.25, -0.2) is 22.8 Å². The standard InChI is InChI=1S/C26H29FN4O4S/c1-17-25(30-24-9-8-22(12-23(24)27)36(2,32)33)28-16-29-26(17)35-21-10-19-14-34-15-20(11-21)31(19)13-18-6-4-3-5-7-18/h3-9,12,16,19-21H,10-11,13-15H2,1-2H3,(H,28,29,30). The SMILES string of the molecule is Cc1c(Nc2ccc(S(C)(=O)=O)cc2F)ncnc1OC1CC2COCC(C1)N2Cc1ccccc1. The van der Waals surface area contributed by atoms with Gasteiger partial charge in [0, 0.05) is 37.7 Å². The number of rotatable bonds is 7. The molecule has 1 aromatic heterocycles. The zero-order chi connectivity index (χ0) is 25.3. The van der Waals surface area contributed by atoms with Gasteiger partial charge in [-0.1, -0.05) is 30.3 Å². The maximum Gasteiger partial charge on any atom is 0.221 e. The zero-order valence-corrected chi connectivity index (χ0v) is 21.0. The molecule has 2 saturated heterocycles. The Morgan fingerprint density at radius 2 is 1.83 bits per heavy atom. The van der Waals surface area contributed by atoms with Crippen LogP contribution in [0.5, 0.6) is 5.88 Å². The lowest BCUT2D eigenvalue weighted by atomic mass is 9.91. The number of hydrogen-bond donors (Lipinski definition) is 1. The number of ether oxygens (including phenoxy) is 2. The van der Waals surface area contributed by atoms with Gasteiger partial charge in [0.05, 0.1) is 29.4 Å². The van der Waals surface area contributed by atoms with Crippen molar-refractivity contribution in [3.63, 3.8) is 0 Å². The molecule has 8 nitrogen and oxygen atoms in total. The summed E-state index contributed by atoms with van der Waals surface area (Å²) in [6.07, 6.45) is 4.03. The second kappa shape index (κ2) is 10.1. The van der Waals surface area contributed by atoms with Gasteiger partial charge in [-0.15, -0.1) is 0 Å². The number of halogens is 1. The van der Waals surface area contributed by atoms with Crippen LogP contribution in [0.25, 0.3) is 0 Å². The van der Waals surface area contributed by atoms with Gasteiger partial charge in [0.25, 0.3) is 0 Å². The first-order valence-corrected chi connectivity index (χ1v) is 13.8. The number of nitrogens with one attached hydrogen (secondary N) is 1. The number of aromatic nitrogens is 2. The van der Waals surface area contributed by atoms with E-state index in [0.29, 0.717) is 30.5 Å². The van der Waals surface area contributed by atoms with Crippen molar-refractivity contribution in [3.8, 4) is 5.88 Å². The Morgan fingerprint density at radius 1 is 1.11 bits per heavy atom. The quantitative estimate of drug-likeness (QED) is 0.510. The van der Waals surface area contributed by atoms with E-state index in [-0.39, 0.29) is 28.8 Å². The lowest BCUT2D eigenvalue weighted by molar-refractivity contribution is -0.104. The lowest BCUT2D eigenvalue weighted by Gasteiger charge is -2.48. The molecule has 190 valence electrons. The Bertz CT molecular complexity index is 1330. The number of fused-ring (bicyclic) bond motifs is 2. The second-order valence-corrected chi connectivity index (χ2v) is 11.4. The van der Waals surface area contributed by atoms with Crippen molar-refractivity contribution in [1.82, 2.24) is 14.9 Å². The highest BCUT2D eigenvalue weighted by atomic mass is 32.2. The van der Waals surface area contributed by atoms with Crippen molar-refractivity contribution in [1.29, 1.82) is 0 Å². The first kappa shape index (κ1) is 24.6. The summed E-state index contributed by atoms with van der Waals surface area (Å²) in [5.74, 6) is 0.161. The van der Waals surface area contributed by atoms with Crippen LogP contribution in [0.2, 0.25) is 0 Å². The van der Waals surface area contributed by atoms with E-state index < -0.39 is 15.7 Å². The summed E-state index contributed by atoms with van der Waals surface area (Å²) in [5, 5.41) is 2.94. The molecule has 1 N–H and O–H groups in total. The van der Waals surface area contributed by atoms with Gasteiger partial charge in [0.2, 0.25) is 5.88 Å². The summed E-state index contributed by atoms with van der Waals surface area (Å²) in [7, 11) is -3.50. The molecule has 2 aliphatic rings. The van der Waals surface area contributed by atoms with Gasteiger partial charge >= 0.3 is 0 Å². The Labute approximate surface area is 210 Å². The minimum Gasteiger partial charge on any atom is -0.474 e. The van der Waals surface area contributed by atoms with Crippen molar-refractivity contribution < 1.29 is 22.3 Å². The third-order valence-corrected chi connectivity index (χ3v) is 7.88. The van der Waals surface area contributed by atoms with Crippen LogP contribution in [0.4, 0.5) is 15.9 Å². The summed E-state index contributed by atoms with van der Waals surface area (Å²) >= 11 is 0. The van der Waals surface area contributed by atoms with E-state index >= 15 is 0 Å². The molecule has 5 rings (SSSR count). The zero-order valence-electron chi connectivity index (χ0n) is 20.2. The van der Waals surface area contributed by atoms with Crippen LogP contribution >= 0.6 is 0 Å². The fraction of sp³-hybridized carbons (Fsp3) is 0.385. The van der Waals surface area contributed by atoms with E-state index in [1.807, 2.05) is 13.0 Å². The summed E-state index contributed by atoms with van der Waals surface area (Å²) < 4.78 is 50.2. The predicted molar refractivity (Wildman–Crippen MR) is 134 cm³/mol. The minimum atomic E-state index is -3.50. The smallest absolute Gasteiger partial charge is 0.221 e. The van der Waals surface area contributed by atoms with Crippen LogP contribution in [0, 0.1) is 12.7 Å². The molecule has 36 heavy (non-hydrogen) atoms. The summed E-state index contributed by atoms with van der Waals surface area (Å²) in [6, 6.07) is 14.7. The molecule has 0 aliphatic carbocycles. The second-order valence-electron chi connectivity index (χ2n) is 9.41. The molecule has 2 atom stereocenters. The van der Waals surface area contributed by atoms with E-state index in [1.165, 1.54) is 24.0 Å². The van der Waals surface area contributed by atoms with Gasteiger partial charge in [-0.05, 0) is 30.7 Å². The molecule has 0 saturated carbocycles. The van der Waals surface area contributed by atoms with Crippen LogP contribution in [0.3, 0.4) is 0 Å². The molecule has 2 fully saturated rings. The Balaban J connectivity index is 1.29. The number of sulfone groups is 1. The fourth-order valence-corrected chi connectivity index (χ4v) is 5.51. The average Bonchev–Trinajstić information content (AvgIpc) is 2.83. The van der Waals surface area contributed by atoms with Crippen molar-refractivity contribution in [2.45, 2.75) is 49.4 Å². The number of anilines is 2. The van der Waals surface area contributed by atoms with Crippen molar-refractivity contribution in [2.75, 3.05) is 24.8 Å². The molecule has 10 heteroatoms. The van der Waals surface area contributed by atoms with Crippen molar-refractivity contribution in [3.05, 3.63) is 71.8 Å². The maximum atomic E-state index is 14.6. The molecule has 3 heterocycles. The van der Waals surface area contributed by atoms with Gasteiger partial charge in [0.15, 0.2) is 9.84 Å². The normalized spacial score (nSPS) is 22.2. The molecule has 2 aliphatic heterocycles. The third-order valence-electron chi connectivity index (χ3n) is 6.77. The van der Waals surface area contributed by atoms with Crippen LogP contribution in [0.15, 0.2) is 59.8 Å². The largest absolute Gasteiger partial charge is 0.474 e. The highest BCUT2D eigenvalue weighted by Gasteiger charge is 2.40. The van der Waals surface area contributed by atoms with Crippen molar-refractivity contribution in [2.24, 2.45) is 0 Å². The fourth-order valence-electron chi connectivity index (χ4n) is 4.88.